The molecular formula is C5H10OS2Ta. The second-order valence-corrected chi connectivity index (χ2v) is 7.87. The van der Waals surface area contributed by atoms with Crippen molar-refractivity contribution < 1.29 is 24.5 Å². The number of hydrogen-bond donors (Lipinski definition) is 0. The van der Waals surface area contributed by atoms with Gasteiger partial charge in [0.25, 0.3) is 0 Å². The molecule has 4 heteroatoms. The fraction of sp³-hybridized carbons (Fsp3) is 0.800. The van der Waals surface area contributed by atoms with Crippen LogP contribution < -0.4 is 0 Å². The van der Waals surface area contributed by atoms with E-state index in [0.29, 0.717) is 6.61 Å². The number of thiocarbonyl (C=S) groups is 1. The molecule has 0 fully saturated rings. The van der Waals surface area contributed by atoms with E-state index >= 15 is 0 Å². The minimum absolute atomic E-state index is 0.151. The second kappa shape index (κ2) is 7.09. The van der Waals surface area contributed by atoms with Crippen LogP contribution in [0.4, 0.5) is 0 Å². The molecular weight excluding hydrogens is 321 g/mol. The molecule has 1 nitrogen and oxygen atoms in total. The Morgan fingerprint density at radius 1 is 1.78 bits per heavy atom. The molecule has 0 aliphatic heterocycles. The molecule has 53 valence electrons. The van der Waals surface area contributed by atoms with Gasteiger partial charge in [-0.3, -0.25) is 0 Å². The van der Waals surface area contributed by atoms with Crippen molar-refractivity contribution in [3.05, 3.63) is 0 Å². The SMILES string of the molecule is CCOC(=S)S[CH2][Ta][CH3]. The van der Waals surface area contributed by atoms with E-state index in [1.807, 2.05) is 6.92 Å². The van der Waals surface area contributed by atoms with E-state index in [2.05, 4.69) is 5.14 Å². The van der Waals surface area contributed by atoms with Gasteiger partial charge in [-0.1, -0.05) is 0 Å². The summed E-state index contributed by atoms with van der Waals surface area (Å²) in [6.07, 6.45) is 0. The number of hydrogen-bond acceptors (Lipinski definition) is 3. The van der Waals surface area contributed by atoms with Gasteiger partial charge in [0.1, 0.15) is 0 Å². The Kier molecular flexibility index (Phi) is 7.86. The Hall–Kier alpha value is 0.980. The number of rotatable bonds is 3. The van der Waals surface area contributed by atoms with E-state index < -0.39 is 0 Å². The zero-order chi connectivity index (χ0) is 7.11. The van der Waals surface area contributed by atoms with Crippen molar-refractivity contribution >= 4 is 28.4 Å². The topological polar surface area (TPSA) is 9.23 Å². The van der Waals surface area contributed by atoms with Gasteiger partial charge in [-0.15, -0.1) is 0 Å². The Morgan fingerprint density at radius 3 is 2.89 bits per heavy atom. The molecule has 0 aromatic carbocycles. The van der Waals surface area contributed by atoms with E-state index in [0.717, 1.165) is 4.38 Å². The molecule has 0 rings (SSSR count). The van der Waals surface area contributed by atoms with Gasteiger partial charge in [0, 0.05) is 0 Å². The van der Waals surface area contributed by atoms with Crippen molar-refractivity contribution in [2.45, 2.75) is 12.1 Å². The summed E-state index contributed by atoms with van der Waals surface area (Å²) in [7, 11) is 0. The molecule has 0 unspecified atom stereocenters. The molecule has 0 aromatic rings. The van der Waals surface area contributed by atoms with Crippen molar-refractivity contribution in [3.63, 3.8) is 0 Å². The van der Waals surface area contributed by atoms with Crippen molar-refractivity contribution in [2.24, 2.45) is 0 Å². The molecule has 0 spiro atoms. The Balaban J connectivity index is 3.06. The van der Waals surface area contributed by atoms with Crippen LogP contribution >= 0.6 is 24.0 Å². The van der Waals surface area contributed by atoms with E-state index in [1.54, 1.807) is 11.8 Å². The van der Waals surface area contributed by atoms with Crippen molar-refractivity contribution in [2.75, 3.05) is 10.6 Å². The van der Waals surface area contributed by atoms with Crippen LogP contribution in [-0.2, 0) is 24.5 Å². The van der Waals surface area contributed by atoms with Gasteiger partial charge in [0.05, 0.1) is 0 Å². The third-order valence-corrected chi connectivity index (χ3v) is 5.96. The van der Waals surface area contributed by atoms with Gasteiger partial charge in [-0.25, -0.2) is 0 Å². The zero-order valence-corrected chi connectivity index (χ0v) is 10.4. The van der Waals surface area contributed by atoms with Gasteiger partial charge < -0.3 is 0 Å². The van der Waals surface area contributed by atoms with Crippen molar-refractivity contribution in [1.29, 1.82) is 0 Å². The summed E-state index contributed by atoms with van der Waals surface area (Å²) in [5.74, 6) is 0. The standard InChI is InChI=1S/C4H7OS2.CH3.Ta/c1-3-5-4(6)7-2;;/h2-3H2,1H3;1H3;. The summed E-state index contributed by atoms with van der Waals surface area (Å²) in [5.41, 5.74) is 0. The van der Waals surface area contributed by atoms with E-state index in [1.165, 1.54) is 3.97 Å². The molecule has 0 aliphatic rings. The molecule has 0 bridgehead atoms. The molecule has 0 heterocycles. The van der Waals surface area contributed by atoms with Gasteiger partial charge in [-0.2, -0.15) is 0 Å². The van der Waals surface area contributed by atoms with Crippen LogP contribution in [0, 0.1) is 0 Å². The van der Waals surface area contributed by atoms with Gasteiger partial charge in [-0.05, 0) is 0 Å². The molecule has 0 N–H and O–H groups in total. The summed E-state index contributed by atoms with van der Waals surface area (Å²) < 4.78 is 7.04. The first-order valence-corrected chi connectivity index (χ1v) is 9.54. The molecule has 0 atom stereocenters. The third kappa shape index (κ3) is 6.87. The van der Waals surface area contributed by atoms with Gasteiger partial charge in [0.2, 0.25) is 0 Å². The van der Waals surface area contributed by atoms with Crippen LogP contribution in [-0.4, -0.2) is 15.0 Å². The average Bonchev–Trinajstić information content (AvgIpc) is 1.85. The minimum atomic E-state index is -0.151. The van der Waals surface area contributed by atoms with E-state index in [4.69, 9.17) is 17.0 Å². The first-order valence-electron chi connectivity index (χ1n) is 2.66. The molecule has 0 aromatic heterocycles. The number of thioether (sulfide) groups is 1. The fourth-order valence-corrected chi connectivity index (χ4v) is 4.65. The summed E-state index contributed by atoms with van der Waals surface area (Å²) in [4.78, 5) is 0. The molecule has 0 saturated carbocycles. The maximum atomic E-state index is 5.07. The Bertz CT molecular complexity index is 87.0. The zero-order valence-electron chi connectivity index (χ0n) is 5.59. The molecule has 0 radical (unpaired) electrons. The molecule has 0 amide bonds. The quantitative estimate of drug-likeness (QED) is 0.734. The Labute approximate surface area is 75.2 Å². The maximum absolute atomic E-state index is 5.07. The first kappa shape index (κ1) is 9.98. The van der Waals surface area contributed by atoms with Crippen LogP contribution in [0.15, 0.2) is 0 Å². The van der Waals surface area contributed by atoms with Crippen LogP contribution in [0.25, 0.3) is 0 Å². The van der Waals surface area contributed by atoms with Crippen molar-refractivity contribution in [1.82, 2.24) is 0 Å². The van der Waals surface area contributed by atoms with E-state index in [-0.39, 0.29) is 19.8 Å². The summed E-state index contributed by atoms with van der Waals surface area (Å²) in [5, 5.41) is 2.31. The molecule has 9 heavy (non-hydrogen) atoms. The van der Waals surface area contributed by atoms with Crippen LogP contribution in [0.1, 0.15) is 6.92 Å². The van der Waals surface area contributed by atoms with Crippen LogP contribution in [0.2, 0.25) is 5.14 Å². The Morgan fingerprint density at radius 2 is 2.44 bits per heavy atom. The molecule has 0 saturated heterocycles. The monoisotopic (exact) mass is 331 g/mol. The van der Waals surface area contributed by atoms with Gasteiger partial charge in [0.15, 0.2) is 0 Å². The fourth-order valence-electron chi connectivity index (χ4n) is 0.277. The predicted molar refractivity (Wildman–Crippen MR) is 42.5 cm³/mol. The van der Waals surface area contributed by atoms with E-state index in [9.17, 15) is 0 Å². The van der Waals surface area contributed by atoms with Crippen LogP contribution in [0.5, 0.6) is 0 Å². The first-order chi connectivity index (χ1) is 4.31. The second-order valence-electron chi connectivity index (χ2n) is 1.27. The number of ether oxygens (including phenoxy) is 1. The summed E-state index contributed by atoms with van der Waals surface area (Å²) >= 11 is 6.43. The normalized spacial score (nSPS) is 8.67. The molecule has 0 aliphatic carbocycles. The van der Waals surface area contributed by atoms with Crippen molar-refractivity contribution in [3.8, 4) is 0 Å². The predicted octanol–water partition coefficient (Wildman–Crippen LogP) is 2.13. The summed E-state index contributed by atoms with van der Waals surface area (Å²) in [6.45, 7) is 2.67. The average molecular weight is 331 g/mol. The van der Waals surface area contributed by atoms with Gasteiger partial charge >= 0.3 is 75.5 Å². The summed E-state index contributed by atoms with van der Waals surface area (Å²) in [6, 6.07) is 0. The van der Waals surface area contributed by atoms with Crippen LogP contribution in [0.3, 0.4) is 0 Å². The third-order valence-electron chi connectivity index (χ3n) is 0.574.